The molecule has 0 aliphatic heterocycles. The summed E-state index contributed by atoms with van der Waals surface area (Å²) in [7, 11) is -2.71. The number of nitro benzene ring substituents is 1. The molecule has 0 saturated heterocycles. The summed E-state index contributed by atoms with van der Waals surface area (Å²) in [6.45, 7) is 5.20. The maximum absolute atomic E-state index is 12.5. The second-order valence-corrected chi connectivity index (χ2v) is 7.52. The third-order valence-corrected chi connectivity index (χ3v) is 5.30. The average molecular weight is 393 g/mol. The van der Waals surface area contributed by atoms with Crippen LogP contribution < -0.4 is 9.57 Å². The maximum atomic E-state index is 12.5. The number of ether oxygens (including phenoxy) is 1. The normalized spacial score (nSPS) is 11.6. The number of hydrogen-bond donors (Lipinski definition) is 2. The molecule has 0 aromatic heterocycles. The molecule has 0 heterocycles. The summed E-state index contributed by atoms with van der Waals surface area (Å²) in [5.74, 6) is -0.414. The number of hydrazone groups is 1. The molecule has 0 aliphatic rings. The van der Waals surface area contributed by atoms with Gasteiger partial charge in [-0.25, -0.2) is 4.83 Å². The first-order valence-electron chi connectivity index (χ1n) is 7.75. The van der Waals surface area contributed by atoms with Gasteiger partial charge in [0.15, 0.2) is 11.5 Å². The van der Waals surface area contributed by atoms with Crippen molar-refractivity contribution in [2.45, 2.75) is 25.7 Å². The summed E-state index contributed by atoms with van der Waals surface area (Å²) in [5.41, 5.74) is 1.57. The molecule has 0 fully saturated rings. The third kappa shape index (κ3) is 4.34. The van der Waals surface area contributed by atoms with Crippen molar-refractivity contribution in [3.05, 3.63) is 56.6 Å². The average Bonchev–Trinajstić information content (AvgIpc) is 2.53. The predicted octanol–water partition coefficient (Wildman–Crippen LogP) is 2.55. The molecule has 0 amide bonds. The lowest BCUT2D eigenvalue weighted by molar-refractivity contribution is -0.385. The number of aromatic hydroxyl groups is 1. The number of methoxy groups -OCH3 is 1. The predicted molar refractivity (Wildman–Crippen MR) is 99.9 cm³/mol. The van der Waals surface area contributed by atoms with Gasteiger partial charge in [-0.1, -0.05) is 17.7 Å². The number of aryl methyl sites for hydroxylation is 3. The third-order valence-electron chi connectivity index (χ3n) is 3.77. The van der Waals surface area contributed by atoms with Crippen LogP contribution in [0.5, 0.6) is 11.5 Å². The molecule has 2 rings (SSSR count). The molecule has 0 saturated carbocycles. The van der Waals surface area contributed by atoms with E-state index in [1.165, 1.54) is 7.11 Å². The number of phenols is 1. The summed E-state index contributed by atoms with van der Waals surface area (Å²) in [5, 5.41) is 24.6. The molecule has 27 heavy (non-hydrogen) atoms. The van der Waals surface area contributed by atoms with Crippen LogP contribution in [0.15, 0.2) is 34.3 Å². The maximum Gasteiger partial charge on any atom is 0.282 e. The Bertz CT molecular complexity index is 1010. The van der Waals surface area contributed by atoms with Gasteiger partial charge in [0.25, 0.3) is 15.7 Å². The monoisotopic (exact) mass is 393 g/mol. The molecule has 0 atom stereocenters. The molecule has 9 nitrogen and oxygen atoms in total. The molecule has 144 valence electrons. The van der Waals surface area contributed by atoms with E-state index in [0.29, 0.717) is 11.1 Å². The van der Waals surface area contributed by atoms with Gasteiger partial charge in [0, 0.05) is 0 Å². The van der Waals surface area contributed by atoms with Gasteiger partial charge in [-0.2, -0.15) is 13.5 Å². The number of rotatable bonds is 6. The summed E-state index contributed by atoms with van der Waals surface area (Å²) in [6, 6.07) is 5.56. The highest BCUT2D eigenvalue weighted by molar-refractivity contribution is 7.89. The standard InChI is InChI=1S/C17H19N3O6S/c1-10-5-11(2)17(12(3)6-10)27(24,25)19-18-9-13-7-15(21)16(26-4)8-14(13)20(22)23/h5-9,19,21H,1-4H3/b18-9+. The van der Waals surface area contributed by atoms with Gasteiger partial charge in [0.05, 0.1) is 34.8 Å². The number of hydrogen-bond acceptors (Lipinski definition) is 7. The van der Waals surface area contributed by atoms with Gasteiger partial charge < -0.3 is 9.84 Å². The van der Waals surface area contributed by atoms with E-state index in [2.05, 4.69) is 5.10 Å². The fourth-order valence-electron chi connectivity index (χ4n) is 2.80. The second kappa shape index (κ2) is 7.62. The van der Waals surface area contributed by atoms with Gasteiger partial charge in [-0.15, -0.1) is 0 Å². The molecule has 2 N–H and O–H groups in total. The highest BCUT2D eigenvalue weighted by atomic mass is 32.2. The van der Waals surface area contributed by atoms with Crippen molar-refractivity contribution >= 4 is 21.9 Å². The van der Waals surface area contributed by atoms with E-state index in [1.807, 2.05) is 11.8 Å². The van der Waals surface area contributed by atoms with Gasteiger partial charge in [-0.05, 0) is 38.0 Å². The molecule has 2 aromatic rings. The number of nitro groups is 1. The van der Waals surface area contributed by atoms with E-state index in [4.69, 9.17) is 4.74 Å². The molecule has 0 spiro atoms. The fraction of sp³-hybridized carbons (Fsp3) is 0.235. The summed E-state index contributed by atoms with van der Waals surface area (Å²) in [6.07, 6.45) is 0.952. The van der Waals surface area contributed by atoms with Crippen molar-refractivity contribution in [3.8, 4) is 11.5 Å². The summed E-state index contributed by atoms with van der Waals surface area (Å²) in [4.78, 5) is 12.6. The first kappa shape index (κ1) is 20.2. The van der Waals surface area contributed by atoms with Crippen LogP contribution in [-0.2, 0) is 10.0 Å². The number of nitrogens with zero attached hydrogens (tertiary/aromatic N) is 2. The Hall–Kier alpha value is -3.14. The van der Waals surface area contributed by atoms with Crippen molar-refractivity contribution in [1.29, 1.82) is 0 Å². The molecular formula is C17H19N3O6S. The molecular weight excluding hydrogens is 374 g/mol. The number of phenolic OH excluding ortho intramolecular Hbond substituents is 1. The summed E-state index contributed by atoms with van der Waals surface area (Å²) >= 11 is 0. The zero-order chi connectivity index (χ0) is 20.4. The Kier molecular flexibility index (Phi) is 5.69. The van der Waals surface area contributed by atoms with Crippen molar-refractivity contribution < 1.29 is 23.2 Å². The summed E-state index contributed by atoms with van der Waals surface area (Å²) < 4.78 is 29.9. The molecule has 2 aromatic carbocycles. The van der Waals surface area contributed by atoms with Crippen LogP contribution in [0.2, 0.25) is 0 Å². The van der Waals surface area contributed by atoms with Gasteiger partial charge >= 0.3 is 0 Å². The SMILES string of the molecule is COc1cc([N+](=O)[O-])c(/C=N/NS(=O)(=O)c2c(C)cc(C)cc2C)cc1O. The first-order chi connectivity index (χ1) is 12.6. The van der Waals surface area contributed by atoms with E-state index in [9.17, 15) is 23.6 Å². The Morgan fingerprint density at radius 1 is 1.19 bits per heavy atom. The zero-order valence-corrected chi connectivity index (χ0v) is 16.0. The fourth-order valence-corrected chi connectivity index (χ4v) is 4.05. The van der Waals surface area contributed by atoms with E-state index in [1.54, 1.807) is 26.0 Å². The van der Waals surface area contributed by atoms with Crippen molar-refractivity contribution in [2.75, 3.05) is 7.11 Å². The smallest absolute Gasteiger partial charge is 0.282 e. The lowest BCUT2D eigenvalue weighted by Gasteiger charge is -2.11. The number of benzene rings is 2. The van der Waals surface area contributed by atoms with Crippen LogP contribution in [-0.4, -0.2) is 31.8 Å². The molecule has 0 bridgehead atoms. The van der Waals surface area contributed by atoms with Gasteiger partial charge in [0.2, 0.25) is 0 Å². The minimum absolute atomic E-state index is 0.0784. The van der Waals surface area contributed by atoms with E-state index >= 15 is 0 Å². The van der Waals surface area contributed by atoms with Crippen LogP contribution in [0, 0.1) is 30.9 Å². The highest BCUT2D eigenvalue weighted by Crippen LogP contribution is 2.32. The molecule has 10 heteroatoms. The van der Waals surface area contributed by atoms with Crippen molar-refractivity contribution in [3.63, 3.8) is 0 Å². The van der Waals surface area contributed by atoms with Crippen molar-refractivity contribution in [1.82, 2.24) is 4.83 Å². The van der Waals surface area contributed by atoms with Crippen LogP contribution in [0.25, 0.3) is 0 Å². The minimum atomic E-state index is -3.97. The van der Waals surface area contributed by atoms with E-state index in [0.717, 1.165) is 23.9 Å². The van der Waals surface area contributed by atoms with Crippen LogP contribution in [0.1, 0.15) is 22.3 Å². The number of nitrogens with one attached hydrogen (secondary N) is 1. The van der Waals surface area contributed by atoms with Crippen molar-refractivity contribution in [2.24, 2.45) is 5.10 Å². The minimum Gasteiger partial charge on any atom is -0.504 e. The lowest BCUT2D eigenvalue weighted by Crippen LogP contribution is -2.20. The Labute approximate surface area is 156 Å². The lowest BCUT2D eigenvalue weighted by atomic mass is 10.1. The van der Waals surface area contributed by atoms with Crippen LogP contribution in [0.3, 0.4) is 0 Å². The quantitative estimate of drug-likeness (QED) is 0.440. The molecule has 0 aliphatic carbocycles. The number of sulfonamides is 1. The van der Waals surface area contributed by atoms with Crippen LogP contribution >= 0.6 is 0 Å². The molecule has 0 unspecified atom stereocenters. The van der Waals surface area contributed by atoms with Gasteiger partial charge in [0.1, 0.15) is 0 Å². The molecule has 0 radical (unpaired) electrons. The van der Waals surface area contributed by atoms with E-state index in [-0.39, 0.29) is 22.0 Å². The van der Waals surface area contributed by atoms with Crippen LogP contribution in [0.4, 0.5) is 5.69 Å². The van der Waals surface area contributed by atoms with E-state index < -0.39 is 20.6 Å². The Morgan fingerprint density at radius 3 is 2.30 bits per heavy atom. The zero-order valence-electron chi connectivity index (χ0n) is 15.2. The first-order valence-corrected chi connectivity index (χ1v) is 9.23. The second-order valence-electron chi connectivity index (χ2n) is 5.92. The Balaban J connectivity index is 2.38. The topological polar surface area (TPSA) is 131 Å². The largest absolute Gasteiger partial charge is 0.504 e. The Morgan fingerprint density at radius 2 is 1.78 bits per heavy atom. The highest BCUT2D eigenvalue weighted by Gasteiger charge is 2.20. The van der Waals surface area contributed by atoms with Gasteiger partial charge in [-0.3, -0.25) is 10.1 Å².